The lowest BCUT2D eigenvalue weighted by Gasteiger charge is -2.33. The number of hydrogen-bond acceptors (Lipinski definition) is 4. The monoisotopic (exact) mass is 390 g/mol. The van der Waals surface area contributed by atoms with Gasteiger partial charge < -0.3 is 15.0 Å². The second-order valence-electron chi connectivity index (χ2n) is 6.74. The Labute approximate surface area is 154 Å². The molecule has 0 aromatic heterocycles. The van der Waals surface area contributed by atoms with E-state index in [1.54, 1.807) is 14.1 Å². The molecular formula is C18H22F4N2O3. The van der Waals surface area contributed by atoms with Gasteiger partial charge in [0.25, 0.3) is 5.91 Å². The molecule has 0 spiro atoms. The maximum atomic E-state index is 13.9. The first-order valence-corrected chi connectivity index (χ1v) is 8.59. The number of ether oxygens (including phenoxy) is 1. The largest absolute Gasteiger partial charge is 0.452 e. The summed E-state index contributed by atoms with van der Waals surface area (Å²) < 4.78 is 57.8. The van der Waals surface area contributed by atoms with E-state index in [-0.39, 0.29) is 24.1 Å². The highest BCUT2D eigenvalue weighted by molar-refractivity contribution is 5.91. The lowest BCUT2D eigenvalue weighted by atomic mass is 9.84. The zero-order valence-electron chi connectivity index (χ0n) is 15.1. The number of amides is 1. The van der Waals surface area contributed by atoms with Crippen molar-refractivity contribution in [1.29, 1.82) is 0 Å². The van der Waals surface area contributed by atoms with Crippen LogP contribution in [0.1, 0.15) is 36.0 Å². The predicted molar refractivity (Wildman–Crippen MR) is 91.0 cm³/mol. The number of rotatable bonds is 5. The van der Waals surface area contributed by atoms with Crippen molar-refractivity contribution in [2.24, 2.45) is 5.92 Å². The van der Waals surface area contributed by atoms with E-state index in [4.69, 9.17) is 4.74 Å². The molecular weight excluding hydrogens is 368 g/mol. The Morgan fingerprint density at radius 2 is 1.89 bits per heavy atom. The van der Waals surface area contributed by atoms with Crippen molar-refractivity contribution in [2.75, 3.05) is 25.6 Å². The van der Waals surface area contributed by atoms with E-state index in [1.807, 2.05) is 0 Å². The number of nitrogens with one attached hydrogen (secondary N) is 1. The van der Waals surface area contributed by atoms with Crippen LogP contribution >= 0.6 is 0 Å². The maximum absolute atomic E-state index is 13.9. The van der Waals surface area contributed by atoms with Gasteiger partial charge in [-0.15, -0.1) is 0 Å². The first kappa shape index (κ1) is 21.0. The van der Waals surface area contributed by atoms with Crippen molar-refractivity contribution in [3.05, 3.63) is 29.6 Å². The van der Waals surface area contributed by atoms with Gasteiger partial charge in [-0.25, -0.2) is 9.18 Å². The van der Waals surface area contributed by atoms with Gasteiger partial charge in [0.2, 0.25) is 0 Å². The molecule has 1 aromatic rings. The molecule has 1 aliphatic carbocycles. The van der Waals surface area contributed by atoms with E-state index in [9.17, 15) is 27.2 Å². The average molecular weight is 390 g/mol. The minimum Gasteiger partial charge on any atom is -0.452 e. The molecule has 0 aliphatic heterocycles. The van der Waals surface area contributed by atoms with Gasteiger partial charge in [-0.2, -0.15) is 13.2 Å². The Kier molecular flexibility index (Phi) is 6.67. The molecule has 0 unspecified atom stereocenters. The van der Waals surface area contributed by atoms with Gasteiger partial charge in [-0.1, -0.05) is 12.8 Å². The van der Waals surface area contributed by atoms with Crippen LogP contribution in [-0.4, -0.2) is 44.8 Å². The van der Waals surface area contributed by atoms with Crippen molar-refractivity contribution < 1.29 is 31.9 Å². The molecule has 2 atom stereocenters. The van der Waals surface area contributed by atoms with Gasteiger partial charge in [-0.05, 0) is 31.0 Å². The molecule has 1 saturated carbocycles. The van der Waals surface area contributed by atoms with Crippen LogP contribution < -0.4 is 10.2 Å². The SMILES string of the molecule is CN(C)c1ccc(C(=O)OCC(=O)N[C@H]2CCCC[C@H]2C(F)(F)F)cc1F. The molecule has 9 heteroatoms. The predicted octanol–water partition coefficient (Wildman–Crippen LogP) is 3.29. The van der Waals surface area contributed by atoms with Crippen molar-refractivity contribution in [3.8, 4) is 0 Å². The quantitative estimate of drug-likeness (QED) is 0.619. The number of carbonyl (C=O) groups excluding carboxylic acids is 2. The number of hydrogen-bond donors (Lipinski definition) is 1. The lowest BCUT2D eigenvalue weighted by molar-refractivity contribution is -0.189. The minimum absolute atomic E-state index is 0.0360. The Bertz CT molecular complexity index is 692. The third-order valence-corrected chi connectivity index (χ3v) is 4.53. The highest BCUT2D eigenvalue weighted by Gasteiger charge is 2.45. The Morgan fingerprint density at radius 3 is 2.48 bits per heavy atom. The van der Waals surface area contributed by atoms with Crippen LogP contribution in [-0.2, 0) is 9.53 Å². The maximum Gasteiger partial charge on any atom is 0.393 e. The van der Waals surface area contributed by atoms with Crippen molar-refractivity contribution in [2.45, 2.75) is 37.9 Å². The fourth-order valence-electron chi connectivity index (χ4n) is 3.15. The highest BCUT2D eigenvalue weighted by Crippen LogP contribution is 2.37. The Hall–Kier alpha value is -2.32. The number of halogens is 4. The summed E-state index contributed by atoms with van der Waals surface area (Å²) in [6, 6.07) is 2.69. The molecule has 27 heavy (non-hydrogen) atoms. The van der Waals surface area contributed by atoms with E-state index in [0.29, 0.717) is 12.8 Å². The van der Waals surface area contributed by atoms with Crippen LogP contribution in [0.2, 0.25) is 0 Å². The standard InChI is InChI=1S/C18H22F4N2O3/c1-24(2)15-8-7-11(9-13(15)19)17(26)27-10-16(25)23-14-6-4-3-5-12(14)18(20,21)22/h7-9,12,14H,3-6,10H2,1-2H3,(H,23,25)/t12-,14+/m1/s1. The van der Waals surface area contributed by atoms with Crippen LogP contribution in [0, 0.1) is 11.7 Å². The minimum atomic E-state index is -4.39. The second-order valence-corrected chi connectivity index (χ2v) is 6.74. The summed E-state index contributed by atoms with van der Waals surface area (Å²) in [5.41, 5.74) is 0.191. The second kappa shape index (κ2) is 8.58. The zero-order valence-corrected chi connectivity index (χ0v) is 15.1. The summed E-state index contributed by atoms with van der Waals surface area (Å²) in [6.07, 6.45) is -3.15. The third-order valence-electron chi connectivity index (χ3n) is 4.53. The summed E-state index contributed by atoms with van der Waals surface area (Å²) in [4.78, 5) is 25.4. The summed E-state index contributed by atoms with van der Waals surface area (Å²) in [5, 5.41) is 2.30. The number of nitrogens with zero attached hydrogens (tertiary/aromatic N) is 1. The fourth-order valence-corrected chi connectivity index (χ4v) is 3.15. The van der Waals surface area contributed by atoms with Crippen LogP contribution in [0.4, 0.5) is 23.2 Å². The summed E-state index contributed by atoms with van der Waals surface area (Å²) in [7, 11) is 3.28. The lowest BCUT2D eigenvalue weighted by Crippen LogP contribution is -2.48. The molecule has 1 N–H and O–H groups in total. The highest BCUT2D eigenvalue weighted by atomic mass is 19.4. The van der Waals surface area contributed by atoms with Gasteiger partial charge in [0.15, 0.2) is 6.61 Å². The summed E-state index contributed by atoms with van der Waals surface area (Å²) in [6.45, 7) is -0.725. The fraction of sp³-hybridized carbons (Fsp3) is 0.556. The first-order valence-electron chi connectivity index (χ1n) is 8.59. The van der Waals surface area contributed by atoms with Gasteiger partial charge in [0.1, 0.15) is 5.82 Å². The third kappa shape index (κ3) is 5.58. The molecule has 2 rings (SSSR count). The Balaban J connectivity index is 1.91. The average Bonchev–Trinajstić information content (AvgIpc) is 2.58. The van der Waals surface area contributed by atoms with Crippen molar-refractivity contribution >= 4 is 17.6 Å². The van der Waals surface area contributed by atoms with Gasteiger partial charge in [-0.3, -0.25) is 4.79 Å². The van der Waals surface area contributed by atoms with Crippen molar-refractivity contribution in [1.82, 2.24) is 5.32 Å². The molecule has 1 aromatic carbocycles. The van der Waals surface area contributed by atoms with Crippen LogP contribution in [0.15, 0.2) is 18.2 Å². The van der Waals surface area contributed by atoms with Crippen molar-refractivity contribution in [3.63, 3.8) is 0 Å². The van der Waals surface area contributed by atoms with Crippen LogP contribution in [0.3, 0.4) is 0 Å². The molecule has 150 valence electrons. The smallest absolute Gasteiger partial charge is 0.393 e. The molecule has 5 nitrogen and oxygen atoms in total. The molecule has 0 bridgehead atoms. The number of benzene rings is 1. The number of alkyl halides is 3. The summed E-state index contributed by atoms with van der Waals surface area (Å²) in [5.74, 6) is -3.96. The number of carbonyl (C=O) groups is 2. The molecule has 0 heterocycles. The number of esters is 1. The van der Waals surface area contributed by atoms with Gasteiger partial charge >= 0.3 is 12.1 Å². The van der Waals surface area contributed by atoms with E-state index in [0.717, 1.165) is 6.07 Å². The summed E-state index contributed by atoms with van der Waals surface area (Å²) >= 11 is 0. The molecule has 1 amide bonds. The molecule has 0 saturated heterocycles. The van der Waals surface area contributed by atoms with E-state index >= 15 is 0 Å². The van der Waals surface area contributed by atoms with Gasteiger partial charge in [0.05, 0.1) is 17.2 Å². The van der Waals surface area contributed by atoms with E-state index in [1.165, 1.54) is 17.0 Å². The van der Waals surface area contributed by atoms with Crippen LogP contribution in [0.5, 0.6) is 0 Å². The zero-order chi connectivity index (χ0) is 20.2. The number of anilines is 1. The first-order chi connectivity index (χ1) is 12.6. The normalized spacial score (nSPS) is 20.1. The Morgan fingerprint density at radius 1 is 1.22 bits per heavy atom. The van der Waals surface area contributed by atoms with Gasteiger partial charge in [0, 0.05) is 20.1 Å². The topological polar surface area (TPSA) is 58.6 Å². The van der Waals surface area contributed by atoms with E-state index < -0.39 is 42.4 Å². The molecule has 1 fully saturated rings. The molecule has 1 aliphatic rings. The molecule has 0 radical (unpaired) electrons. The van der Waals surface area contributed by atoms with E-state index in [2.05, 4.69) is 5.32 Å². The van der Waals surface area contributed by atoms with Crippen LogP contribution in [0.25, 0.3) is 0 Å².